The molecule has 0 aromatic heterocycles. The van der Waals surface area contributed by atoms with E-state index in [1.165, 1.54) is 0 Å². The van der Waals surface area contributed by atoms with Crippen LogP contribution in [0.4, 0.5) is 5.69 Å². The molecule has 7 heteroatoms. The Kier molecular flexibility index (Phi) is 3.77. The van der Waals surface area contributed by atoms with Crippen LogP contribution < -0.4 is 10.2 Å². The number of anilines is 1. The molecule has 0 bridgehead atoms. The van der Waals surface area contributed by atoms with E-state index in [0.717, 1.165) is 12.2 Å². The Bertz CT molecular complexity index is 542. The topological polar surface area (TPSA) is 66.5 Å². The minimum absolute atomic E-state index is 0.00587. The lowest BCUT2D eigenvalue weighted by Crippen LogP contribution is -2.47. The first-order valence-electron chi connectivity index (χ1n) is 5.47. The largest absolute Gasteiger partial charge is 0.360 e. The van der Waals surface area contributed by atoms with Crippen LogP contribution in [0.5, 0.6) is 0 Å². The van der Waals surface area contributed by atoms with Gasteiger partial charge in [0, 0.05) is 29.5 Å². The third-order valence-electron chi connectivity index (χ3n) is 2.68. The zero-order chi connectivity index (χ0) is 13.2. The first-order valence-corrected chi connectivity index (χ1v) is 7.95. The Morgan fingerprint density at radius 3 is 2.50 bits per heavy atom. The van der Waals surface area contributed by atoms with Gasteiger partial charge in [-0.15, -0.1) is 0 Å². The fourth-order valence-electron chi connectivity index (χ4n) is 1.86. The van der Waals surface area contributed by atoms with Crippen molar-refractivity contribution >= 4 is 31.3 Å². The van der Waals surface area contributed by atoms with Crippen LogP contribution in [0, 0.1) is 0 Å². The van der Waals surface area contributed by atoms with Crippen LogP contribution in [-0.4, -0.2) is 34.0 Å². The Morgan fingerprint density at radius 2 is 1.94 bits per heavy atom. The van der Waals surface area contributed by atoms with Crippen molar-refractivity contribution in [2.24, 2.45) is 0 Å². The lowest BCUT2D eigenvalue weighted by molar-refractivity contribution is -0.120. The lowest BCUT2D eigenvalue weighted by Gasteiger charge is -2.28. The molecule has 0 radical (unpaired) electrons. The van der Waals surface area contributed by atoms with Crippen molar-refractivity contribution in [3.63, 3.8) is 0 Å². The molecule has 1 fully saturated rings. The van der Waals surface area contributed by atoms with Gasteiger partial charge in [-0.1, -0.05) is 12.1 Å². The zero-order valence-electron chi connectivity index (χ0n) is 9.60. The summed E-state index contributed by atoms with van der Waals surface area (Å²) in [5, 5.41) is 2.75. The molecule has 0 atom stereocenters. The van der Waals surface area contributed by atoms with Gasteiger partial charge in [0.1, 0.15) is 0 Å². The molecule has 1 aliphatic rings. The van der Waals surface area contributed by atoms with E-state index in [1.54, 1.807) is 24.3 Å². The van der Waals surface area contributed by atoms with Crippen LogP contribution in [-0.2, 0) is 19.6 Å². The van der Waals surface area contributed by atoms with Gasteiger partial charge in [-0.3, -0.25) is 4.79 Å². The third-order valence-corrected chi connectivity index (χ3v) is 3.68. The number of benzene rings is 1. The highest BCUT2D eigenvalue weighted by Gasteiger charge is 2.16. The van der Waals surface area contributed by atoms with Crippen molar-refractivity contribution < 1.29 is 13.2 Å². The van der Waals surface area contributed by atoms with Gasteiger partial charge in [0.05, 0.1) is 12.3 Å². The van der Waals surface area contributed by atoms with E-state index in [-0.39, 0.29) is 11.7 Å². The molecule has 0 spiro atoms. The van der Waals surface area contributed by atoms with E-state index in [2.05, 4.69) is 5.32 Å². The molecule has 1 saturated heterocycles. The van der Waals surface area contributed by atoms with E-state index in [0.29, 0.717) is 18.7 Å². The average Bonchev–Trinajstić information content (AvgIpc) is 2.28. The predicted molar refractivity (Wildman–Crippen MR) is 70.1 cm³/mol. The summed E-state index contributed by atoms with van der Waals surface area (Å²) in [6.07, 6.45) is 0. The number of carbonyl (C=O) groups excluding carboxylic acids is 1. The van der Waals surface area contributed by atoms with Crippen LogP contribution in [0.3, 0.4) is 0 Å². The molecule has 98 valence electrons. The summed E-state index contributed by atoms with van der Waals surface area (Å²) in [5.41, 5.74) is 1.54. The summed E-state index contributed by atoms with van der Waals surface area (Å²) in [4.78, 5) is 13.2. The number of rotatable bonds is 3. The van der Waals surface area contributed by atoms with Gasteiger partial charge in [-0.2, -0.15) is 0 Å². The van der Waals surface area contributed by atoms with Crippen molar-refractivity contribution in [1.29, 1.82) is 0 Å². The number of nitrogens with one attached hydrogen (secondary N) is 1. The number of hydrogen-bond acceptors (Lipinski definition) is 4. The molecule has 1 aliphatic heterocycles. The monoisotopic (exact) mass is 288 g/mol. The van der Waals surface area contributed by atoms with Gasteiger partial charge < -0.3 is 10.2 Å². The zero-order valence-corrected chi connectivity index (χ0v) is 11.2. The second kappa shape index (κ2) is 5.16. The van der Waals surface area contributed by atoms with Crippen molar-refractivity contribution in [3.05, 3.63) is 29.8 Å². The first-order chi connectivity index (χ1) is 8.44. The number of piperazine rings is 1. The van der Waals surface area contributed by atoms with Crippen LogP contribution in [0.15, 0.2) is 24.3 Å². The number of amides is 1. The average molecular weight is 289 g/mol. The van der Waals surface area contributed by atoms with E-state index >= 15 is 0 Å². The van der Waals surface area contributed by atoms with Crippen LogP contribution >= 0.6 is 10.7 Å². The van der Waals surface area contributed by atoms with Crippen LogP contribution in [0.25, 0.3) is 0 Å². The maximum absolute atomic E-state index is 11.3. The molecule has 1 amide bonds. The number of nitrogens with zero attached hydrogens (tertiary/aromatic N) is 1. The van der Waals surface area contributed by atoms with Gasteiger partial charge in [0.25, 0.3) is 0 Å². The molecular weight excluding hydrogens is 276 g/mol. The molecule has 0 aliphatic carbocycles. The summed E-state index contributed by atoms with van der Waals surface area (Å²) in [5.74, 6) is -0.191. The summed E-state index contributed by atoms with van der Waals surface area (Å²) < 4.78 is 21.9. The summed E-state index contributed by atoms with van der Waals surface area (Å²) >= 11 is 0. The molecule has 5 nitrogen and oxygen atoms in total. The maximum Gasteiger partial charge on any atom is 0.239 e. The molecule has 0 saturated carbocycles. The number of halogens is 1. The van der Waals surface area contributed by atoms with Gasteiger partial charge >= 0.3 is 0 Å². The van der Waals surface area contributed by atoms with Gasteiger partial charge in [0.15, 0.2) is 0 Å². The Labute approximate surface area is 110 Å². The lowest BCUT2D eigenvalue weighted by atomic mass is 10.2. The standard InChI is InChI=1S/C11H13ClN2O3S/c12-18(16,17)8-9-1-3-10(4-2-9)14-6-5-13-11(15)7-14/h1-4H,5-8H2,(H,13,15). The molecule has 18 heavy (non-hydrogen) atoms. The fourth-order valence-corrected chi connectivity index (χ4v) is 2.83. The van der Waals surface area contributed by atoms with E-state index in [9.17, 15) is 13.2 Å². The van der Waals surface area contributed by atoms with Crippen molar-refractivity contribution in [2.75, 3.05) is 24.5 Å². The second-order valence-corrected chi connectivity index (χ2v) is 6.90. The van der Waals surface area contributed by atoms with Gasteiger partial charge in [-0.05, 0) is 17.7 Å². The molecule has 2 rings (SSSR count). The van der Waals surface area contributed by atoms with Crippen molar-refractivity contribution in [1.82, 2.24) is 5.32 Å². The van der Waals surface area contributed by atoms with Crippen molar-refractivity contribution in [3.8, 4) is 0 Å². The highest BCUT2D eigenvalue weighted by molar-refractivity contribution is 8.13. The molecule has 1 N–H and O–H groups in total. The second-order valence-electron chi connectivity index (χ2n) is 4.12. The van der Waals surface area contributed by atoms with Crippen LogP contribution in [0.2, 0.25) is 0 Å². The van der Waals surface area contributed by atoms with Crippen LogP contribution in [0.1, 0.15) is 5.56 Å². The molecule has 1 heterocycles. The number of hydrogen-bond donors (Lipinski definition) is 1. The summed E-state index contributed by atoms with van der Waals surface area (Å²) in [6.45, 7) is 1.70. The first kappa shape index (κ1) is 13.2. The van der Waals surface area contributed by atoms with Gasteiger partial charge in [0.2, 0.25) is 15.0 Å². The highest BCUT2D eigenvalue weighted by Crippen LogP contribution is 2.18. The quantitative estimate of drug-likeness (QED) is 0.831. The molecule has 0 unspecified atom stereocenters. The molecular formula is C11H13ClN2O3S. The van der Waals surface area contributed by atoms with Crippen molar-refractivity contribution in [2.45, 2.75) is 5.75 Å². The fraction of sp³-hybridized carbons (Fsp3) is 0.364. The van der Waals surface area contributed by atoms with Gasteiger partial charge in [-0.25, -0.2) is 8.42 Å². The Hall–Kier alpha value is -1.27. The van der Waals surface area contributed by atoms with E-state index in [4.69, 9.17) is 10.7 Å². The normalized spacial score (nSPS) is 16.5. The Morgan fingerprint density at radius 1 is 1.28 bits per heavy atom. The van der Waals surface area contributed by atoms with E-state index in [1.807, 2.05) is 4.90 Å². The van der Waals surface area contributed by atoms with E-state index < -0.39 is 9.05 Å². The highest BCUT2D eigenvalue weighted by atomic mass is 35.7. The maximum atomic E-state index is 11.3. The summed E-state index contributed by atoms with van der Waals surface area (Å²) in [6, 6.07) is 7.02. The Balaban J connectivity index is 2.10. The predicted octanol–water partition coefficient (Wildman–Crippen LogP) is 0.691. The molecule has 1 aromatic carbocycles. The summed E-state index contributed by atoms with van der Waals surface area (Å²) in [7, 11) is 1.66. The smallest absolute Gasteiger partial charge is 0.239 e. The molecule has 1 aromatic rings. The number of carbonyl (C=O) groups is 1. The third kappa shape index (κ3) is 3.61. The minimum Gasteiger partial charge on any atom is -0.360 e. The minimum atomic E-state index is -3.53. The SMILES string of the molecule is O=C1CN(c2ccc(CS(=O)(=O)Cl)cc2)CCN1.